The standard InChI is InChI=1S/C11H11NO3S3/c1-18(14,15)10-4-2-3-9(12-10)17-11-6-5-8(7-13)16-11/h2-6,13H,7H2,1H3. The molecule has 0 atom stereocenters. The zero-order valence-corrected chi connectivity index (χ0v) is 12.0. The Morgan fingerprint density at radius 3 is 2.72 bits per heavy atom. The average Bonchev–Trinajstić information content (AvgIpc) is 2.76. The number of aromatic nitrogens is 1. The lowest BCUT2D eigenvalue weighted by molar-refractivity contribution is 0.285. The fourth-order valence-corrected chi connectivity index (χ4v) is 3.88. The van der Waals surface area contributed by atoms with Crippen LogP contribution in [0.15, 0.2) is 44.6 Å². The highest BCUT2D eigenvalue weighted by molar-refractivity contribution is 8.01. The van der Waals surface area contributed by atoms with E-state index in [-0.39, 0.29) is 11.6 Å². The second kappa shape index (κ2) is 5.40. The first-order chi connectivity index (χ1) is 8.49. The smallest absolute Gasteiger partial charge is 0.192 e. The monoisotopic (exact) mass is 301 g/mol. The van der Waals surface area contributed by atoms with Gasteiger partial charge in [0.05, 0.1) is 10.8 Å². The van der Waals surface area contributed by atoms with Crippen molar-refractivity contribution in [3.8, 4) is 0 Å². The van der Waals surface area contributed by atoms with Crippen LogP contribution in [0.2, 0.25) is 0 Å². The Hall–Kier alpha value is -0.890. The number of thiophene rings is 1. The van der Waals surface area contributed by atoms with E-state index in [9.17, 15) is 8.42 Å². The molecule has 0 aliphatic rings. The predicted molar refractivity (Wildman–Crippen MR) is 71.7 cm³/mol. The summed E-state index contributed by atoms with van der Waals surface area (Å²) in [6, 6.07) is 8.64. The molecule has 0 spiro atoms. The molecule has 2 heterocycles. The number of pyridine rings is 1. The highest BCUT2D eigenvalue weighted by Crippen LogP contribution is 2.32. The van der Waals surface area contributed by atoms with Gasteiger partial charge in [-0.05, 0) is 24.3 Å². The van der Waals surface area contributed by atoms with Crippen LogP contribution >= 0.6 is 23.1 Å². The fraction of sp³-hybridized carbons (Fsp3) is 0.182. The third kappa shape index (κ3) is 3.32. The summed E-state index contributed by atoms with van der Waals surface area (Å²) in [5, 5.41) is 9.68. The molecular formula is C11H11NO3S3. The molecule has 0 radical (unpaired) electrons. The molecule has 18 heavy (non-hydrogen) atoms. The van der Waals surface area contributed by atoms with Crippen LogP contribution in [0, 0.1) is 0 Å². The Morgan fingerprint density at radius 2 is 2.11 bits per heavy atom. The van der Waals surface area contributed by atoms with Gasteiger partial charge in [-0.1, -0.05) is 17.8 Å². The lowest BCUT2D eigenvalue weighted by atomic mass is 10.5. The quantitative estimate of drug-likeness (QED) is 0.937. The molecule has 2 rings (SSSR count). The summed E-state index contributed by atoms with van der Waals surface area (Å²) < 4.78 is 23.7. The Bertz CT molecular complexity index is 649. The number of hydrogen-bond donors (Lipinski definition) is 1. The van der Waals surface area contributed by atoms with E-state index in [1.165, 1.54) is 29.2 Å². The van der Waals surface area contributed by atoms with Gasteiger partial charge < -0.3 is 5.11 Å². The average molecular weight is 301 g/mol. The minimum atomic E-state index is -3.28. The summed E-state index contributed by atoms with van der Waals surface area (Å²) in [5.74, 6) is 0. The minimum absolute atomic E-state index is 0.0159. The number of hydrogen-bond acceptors (Lipinski definition) is 6. The van der Waals surface area contributed by atoms with Gasteiger partial charge in [-0.15, -0.1) is 11.3 Å². The Balaban J connectivity index is 2.24. The van der Waals surface area contributed by atoms with E-state index in [4.69, 9.17) is 5.11 Å². The zero-order valence-electron chi connectivity index (χ0n) is 9.53. The summed E-state index contributed by atoms with van der Waals surface area (Å²) in [6.45, 7) is 0.0159. The lowest BCUT2D eigenvalue weighted by Crippen LogP contribution is -2.00. The molecule has 0 aliphatic heterocycles. The molecule has 0 aliphatic carbocycles. The summed E-state index contributed by atoms with van der Waals surface area (Å²) >= 11 is 2.85. The molecule has 0 bridgehead atoms. The maximum atomic E-state index is 11.4. The molecular weight excluding hydrogens is 290 g/mol. The predicted octanol–water partition coefficient (Wildman–Crippen LogP) is 2.19. The highest BCUT2D eigenvalue weighted by Gasteiger charge is 2.10. The van der Waals surface area contributed by atoms with Crippen molar-refractivity contribution in [3.63, 3.8) is 0 Å². The van der Waals surface area contributed by atoms with Crippen molar-refractivity contribution in [1.82, 2.24) is 4.98 Å². The Morgan fingerprint density at radius 1 is 1.33 bits per heavy atom. The molecule has 2 aromatic heterocycles. The van der Waals surface area contributed by atoms with E-state index in [1.54, 1.807) is 12.1 Å². The van der Waals surface area contributed by atoms with Crippen LogP contribution in [0.3, 0.4) is 0 Å². The van der Waals surface area contributed by atoms with Gasteiger partial charge in [0.1, 0.15) is 5.03 Å². The minimum Gasteiger partial charge on any atom is -0.391 e. The van der Waals surface area contributed by atoms with Crippen molar-refractivity contribution >= 4 is 32.9 Å². The van der Waals surface area contributed by atoms with Gasteiger partial charge >= 0.3 is 0 Å². The number of aliphatic hydroxyl groups excluding tert-OH is 1. The Labute approximate surface area is 114 Å². The summed E-state index contributed by atoms with van der Waals surface area (Å²) in [6.07, 6.45) is 1.14. The SMILES string of the molecule is CS(=O)(=O)c1cccc(Sc2ccc(CO)s2)n1. The second-order valence-corrected chi connectivity index (χ2v) is 8.02. The highest BCUT2D eigenvalue weighted by atomic mass is 32.2. The maximum Gasteiger partial charge on any atom is 0.192 e. The van der Waals surface area contributed by atoms with Crippen LogP contribution < -0.4 is 0 Å². The molecule has 0 unspecified atom stereocenters. The van der Waals surface area contributed by atoms with Crippen molar-refractivity contribution in [2.45, 2.75) is 20.9 Å². The summed E-state index contributed by atoms with van der Waals surface area (Å²) in [5.41, 5.74) is 0. The summed E-state index contributed by atoms with van der Waals surface area (Å²) in [7, 11) is -3.28. The van der Waals surface area contributed by atoms with Crippen molar-refractivity contribution in [2.24, 2.45) is 0 Å². The number of rotatable bonds is 4. The second-order valence-electron chi connectivity index (χ2n) is 3.57. The van der Waals surface area contributed by atoms with Crippen molar-refractivity contribution in [1.29, 1.82) is 0 Å². The van der Waals surface area contributed by atoms with Crippen LogP contribution in [-0.2, 0) is 16.4 Å². The molecule has 0 saturated heterocycles. The third-order valence-electron chi connectivity index (χ3n) is 2.08. The van der Waals surface area contributed by atoms with Crippen LogP contribution in [0.25, 0.3) is 0 Å². The molecule has 4 nitrogen and oxygen atoms in total. The number of aliphatic hydroxyl groups is 1. The van der Waals surface area contributed by atoms with E-state index in [1.807, 2.05) is 12.1 Å². The third-order valence-corrected chi connectivity index (χ3v) is 5.20. The van der Waals surface area contributed by atoms with Crippen molar-refractivity contribution in [2.75, 3.05) is 6.26 Å². The van der Waals surface area contributed by atoms with E-state index in [0.717, 1.165) is 15.3 Å². The lowest BCUT2D eigenvalue weighted by Gasteiger charge is -2.01. The molecule has 96 valence electrons. The van der Waals surface area contributed by atoms with Gasteiger partial charge in [-0.25, -0.2) is 13.4 Å². The first-order valence-corrected chi connectivity index (χ1v) is 8.56. The van der Waals surface area contributed by atoms with Gasteiger partial charge in [0.2, 0.25) is 0 Å². The van der Waals surface area contributed by atoms with Gasteiger partial charge in [-0.3, -0.25) is 0 Å². The molecule has 0 aromatic carbocycles. The molecule has 1 N–H and O–H groups in total. The first-order valence-electron chi connectivity index (χ1n) is 5.03. The van der Waals surface area contributed by atoms with E-state index < -0.39 is 9.84 Å². The van der Waals surface area contributed by atoms with Crippen LogP contribution in [-0.4, -0.2) is 24.8 Å². The Kier molecular flexibility index (Phi) is 4.06. The van der Waals surface area contributed by atoms with Crippen LogP contribution in [0.5, 0.6) is 0 Å². The number of sulfone groups is 1. The zero-order chi connectivity index (χ0) is 13.2. The van der Waals surface area contributed by atoms with Crippen LogP contribution in [0.1, 0.15) is 4.88 Å². The van der Waals surface area contributed by atoms with Crippen LogP contribution in [0.4, 0.5) is 0 Å². The molecule has 0 saturated carbocycles. The first kappa shape index (κ1) is 13.5. The molecule has 0 amide bonds. The van der Waals surface area contributed by atoms with E-state index in [2.05, 4.69) is 4.98 Å². The molecule has 0 fully saturated rings. The number of nitrogens with zero attached hydrogens (tertiary/aromatic N) is 1. The van der Waals surface area contributed by atoms with Gasteiger partial charge in [0.25, 0.3) is 0 Å². The summed E-state index contributed by atoms with van der Waals surface area (Å²) in [4.78, 5) is 4.97. The van der Waals surface area contributed by atoms with Gasteiger partial charge in [0.15, 0.2) is 14.9 Å². The molecule has 7 heteroatoms. The molecule has 2 aromatic rings. The topological polar surface area (TPSA) is 67.3 Å². The maximum absolute atomic E-state index is 11.4. The van der Waals surface area contributed by atoms with Gasteiger partial charge in [0, 0.05) is 11.1 Å². The normalized spacial score (nSPS) is 11.7. The largest absolute Gasteiger partial charge is 0.391 e. The van der Waals surface area contributed by atoms with Crippen molar-refractivity contribution < 1.29 is 13.5 Å². The van der Waals surface area contributed by atoms with Gasteiger partial charge in [-0.2, -0.15) is 0 Å². The van der Waals surface area contributed by atoms with Crippen molar-refractivity contribution in [3.05, 3.63) is 35.2 Å². The fourth-order valence-electron chi connectivity index (χ4n) is 1.26. The van der Waals surface area contributed by atoms with E-state index >= 15 is 0 Å². The van der Waals surface area contributed by atoms with E-state index in [0.29, 0.717) is 5.03 Å².